The Labute approximate surface area is 164 Å². The third-order valence-electron chi connectivity index (χ3n) is 4.44. The Bertz CT molecular complexity index is 990. The van der Waals surface area contributed by atoms with Crippen LogP contribution in [0, 0.1) is 0 Å². The lowest BCUT2D eigenvalue weighted by molar-refractivity contribution is 0.102. The topological polar surface area (TPSA) is 94.2 Å². The molecule has 1 saturated heterocycles. The van der Waals surface area contributed by atoms with Crippen molar-refractivity contribution in [1.82, 2.24) is 0 Å². The summed E-state index contributed by atoms with van der Waals surface area (Å²) in [6.45, 7) is 0.434. The lowest BCUT2D eigenvalue weighted by Crippen LogP contribution is -2.25. The first kappa shape index (κ1) is 19.8. The summed E-state index contributed by atoms with van der Waals surface area (Å²) in [6.07, 6.45) is 0.585. The van der Waals surface area contributed by atoms with Crippen LogP contribution < -0.4 is 23.8 Å². The molecule has 1 aliphatic rings. The van der Waals surface area contributed by atoms with Crippen LogP contribution in [-0.4, -0.2) is 48.0 Å². The van der Waals surface area contributed by atoms with Crippen LogP contribution in [0.1, 0.15) is 16.8 Å². The van der Waals surface area contributed by atoms with E-state index in [2.05, 4.69) is 5.32 Å². The zero-order valence-electron chi connectivity index (χ0n) is 15.9. The molecule has 1 fully saturated rings. The van der Waals surface area contributed by atoms with Crippen LogP contribution in [0.4, 0.5) is 11.4 Å². The van der Waals surface area contributed by atoms with Gasteiger partial charge in [-0.1, -0.05) is 6.07 Å². The van der Waals surface area contributed by atoms with Crippen LogP contribution in [-0.2, 0) is 10.0 Å². The van der Waals surface area contributed by atoms with E-state index < -0.39 is 15.9 Å². The Morgan fingerprint density at radius 2 is 1.79 bits per heavy atom. The number of benzene rings is 2. The fraction of sp³-hybridized carbons (Fsp3) is 0.316. The van der Waals surface area contributed by atoms with Crippen molar-refractivity contribution in [2.24, 2.45) is 0 Å². The Hall–Kier alpha value is -2.94. The normalized spacial score (nSPS) is 15.2. The molecule has 0 spiro atoms. The number of amides is 1. The van der Waals surface area contributed by atoms with Crippen LogP contribution in [0.25, 0.3) is 0 Å². The molecule has 0 unspecified atom stereocenters. The number of carbonyl (C=O) groups is 1. The molecular formula is C19H22N2O6S. The number of ether oxygens (including phenoxy) is 3. The number of hydrogen-bond acceptors (Lipinski definition) is 6. The number of carbonyl (C=O) groups excluding carboxylic acids is 1. The molecule has 150 valence electrons. The molecule has 3 rings (SSSR count). The summed E-state index contributed by atoms with van der Waals surface area (Å²) in [5, 5.41) is 2.78. The Kier molecular flexibility index (Phi) is 5.64. The number of rotatable bonds is 6. The number of nitrogens with one attached hydrogen (secondary N) is 1. The molecule has 1 N–H and O–H groups in total. The Morgan fingerprint density at radius 3 is 2.39 bits per heavy atom. The van der Waals surface area contributed by atoms with Crippen molar-refractivity contribution in [2.45, 2.75) is 6.42 Å². The van der Waals surface area contributed by atoms with Crippen molar-refractivity contribution in [1.29, 1.82) is 0 Å². The van der Waals surface area contributed by atoms with Crippen LogP contribution in [0.15, 0.2) is 36.4 Å². The first-order chi connectivity index (χ1) is 13.4. The second-order valence-corrected chi connectivity index (χ2v) is 8.14. The highest BCUT2D eigenvalue weighted by Crippen LogP contribution is 2.40. The maximum Gasteiger partial charge on any atom is 0.259 e. The molecule has 0 bridgehead atoms. The van der Waals surface area contributed by atoms with Crippen molar-refractivity contribution in [3.05, 3.63) is 42.0 Å². The van der Waals surface area contributed by atoms with E-state index in [0.717, 1.165) is 0 Å². The standard InChI is InChI=1S/C19H22N2O6S/c1-25-16-9-8-15(17(26-2)18(16)27-3)19(22)20-13-6-4-7-14(12-13)21-10-5-11-28(21,23)24/h4,6-9,12H,5,10-11H2,1-3H3,(H,20,22). The third kappa shape index (κ3) is 3.70. The minimum Gasteiger partial charge on any atom is -0.493 e. The molecule has 0 atom stereocenters. The van der Waals surface area contributed by atoms with E-state index >= 15 is 0 Å². The van der Waals surface area contributed by atoms with Gasteiger partial charge in [-0.3, -0.25) is 9.10 Å². The van der Waals surface area contributed by atoms with Crippen molar-refractivity contribution < 1.29 is 27.4 Å². The lowest BCUT2D eigenvalue weighted by atomic mass is 10.1. The highest BCUT2D eigenvalue weighted by molar-refractivity contribution is 7.93. The molecule has 1 amide bonds. The van der Waals surface area contributed by atoms with E-state index in [1.165, 1.54) is 25.6 Å². The maximum atomic E-state index is 12.8. The summed E-state index contributed by atoms with van der Waals surface area (Å²) in [4.78, 5) is 12.8. The van der Waals surface area contributed by atoms with E-state index in [-0.39, 0.29) is 17.1 Å². The highest BCUT2D eigenvalue weighted by Gasteiger charge is 2.28. The Morgan fingerprint density at radius 1 is 1.04 bits per heavy atom. The number of sulfonamides is 1. The van der Waals surface area contributed by atoms with Gasteiger partial charge in [0.25, 0.3) is 5.91 Å². The van der Waals surface area contributed by atoms with Gasteiger partial charge in [0.15, 0.2) is 11.5 Å². The third-order valence-corrected chi connectivity index (χ3v) is 6.31. The quantitative estimate of drug-likeness (QED) is 0.792. The zero-order chi connectivity index (χ0) is 20.3. The molecule has 0 radical (unpaired) electrons. The molecule has 0 saturated carbocycles. The molecule has 1 aliphatic heterocycles. The number of anilines is 2. The molecule has 1 heterocycles. The van der Waals surface area contributed by atoms with Crippen molar-refractivity contribution >= 4 is 27.3 Å². The number of nitrogens with zero attached hydrogens (tertiary/aromatic N) is 1. The van der Waals surface area contributed by atoms with Gasteiger partial charge in [-0.05, 0) is 36.8 Å². The molecule has 9 heteroatoms. The second kappa shape index (κ2) is 7.97. The van der Waals surface area contributed by atoms with Crippen molar-refractivity contribution in [2.75, 3.05) is 43.2 Å². The average molecular weight is 406 g/mol. The van der Waals surface area contributed by atoms with Crippen molar-refractivity contribution in [3.8, 4) is 17.2 Å². The monoisotopic (exact) mass is 406 g/mol. The summed E-state index contributed by atoms with van der Waals surface area (Å²) < 4.78 is 41.5. The molecular weight excluding hydrogens is 384 g/mol. The molecule has 0 aliphatic carbocycles. The maximum absolute atomic E-state index is 12.8. The van der Waals surface area contributed by atoms with E-state index in [4.69, 9.17) is 14.2 Å². The van der Waals surface area contributed by atoms with Crippen LogP contribution in [0.2, 0.25) is 0 Å². The summed E-state index contributed by atoms with van der Waals surface area (Å²) in [7, 11) is 1.10. The van der Waals surface area contributed by atoms with E-state index in [1.54, 1.807) is 36.4 Å². The predicted octanol–water partition coefficient (Wildman–Crippen LogP) is 2.50. The number of hydrogen-bond donors (Lipinski definition) is 1. The van der Waals surface area contributed by atoms with E-state index in [1.807, 2.05) is 0 Å². The van der Waals surface area contributed by atoms with Gasteiger partial charge in [0.1, 0.15) is 0 Å². The van der Waals surface area contributed by atoms with E-state index in [9.17, 15) is 13.2 Å². The average Bonchev–Trinajstić information content (AvgIpc) is 3.05. The smallest absolute Gasteiger partial charge is 0.259 e. The summed E-state index contributed by atoms with van der Waals surface area (Å²) in [6, 6.07) is 9.92. The molecule has 0 aromatic heterocycles. The summed E-state index contributed by atoms with van der Waals surface area (Å²) in [5.41, 5.74) is 1.26. The predicted molar refractivity (Wildman–Crippen MR) is 106 cm³/mol. The first-order valence-corrected chi connectivity index (χ1v) is 10.2. The largest absolute Gasteiger partial charge is 0.493 e. The minimum atomic E-state index is -3.29. The molecule has 2 aromatic carbocycles. The van der Waals surface area contributed by atoms with Crippen LogP contribution >= 0.6 is 0 Å². The van der Waals surface area contributed by atoms with Gasteiger partial charge < -0.3 is 19.5 Å². The van der Waals surface area contributed by atoms with Crippen LogP contribution in [0.3, 0.4) is 0 Å². The molecule has 8 nitrogen and oxygen atoms in total. The zero-order valence-corrected chi connectivity index (χ0v) is 16.7. The number of methoxy groups -OCH3 is 3. The first-order valence-electron chi connectivity index (χ1n) is 8.62. The molecule has 2 aromatic rings. The van der Waals surface area contributed by atoms with Crippen molar-refractivity contribution in [3.63, 3.8) is 0 Å². The summed E-state index contributed by atoms with van der Waals surface area (Å²) in [5.74, 6) is 0.718. The fourth-order valence-corrected chi connectivity index (χ4v) is 4.70. The lowest BCUT2D eigenvalue weighted by Gasteiger charge is -2.18. The van der Waals surface area contributed by atoms with E-state index in [0.29, 0.717) is 35.8 Å². The van der Waals surface area contributed by atoms with Gasteiger partial charge in [-0.25, -0.2) is 8.42 Å². The van der Waals surface area contributed by atoms with Crippen LogP contribution in [0.5, 0.6) is 17.2 Å². The minimum absolute atomic E-state index is 0.131. The fourth-order valence-electron chi connectivity index (χ4n) is 3.15. The van der Waals surface area contributed by atoms with Gasteiger partial charge >= 0.3 is 0 Å². The second-order valence-electron chi connectivity index (χ2n) is 6.13. The van der Waals surface area contributed by atoms with Gasteiger partial charge in [0, 0.05) is 12.2 Å². The van der Waals surface area contributed by atoms with Gasteiger partial charge in [0.05, 0.1) is 38.3 Å². The SMILES string of the molecule is COc1ccc(C(=O)Nc2cccc(N3CCCS3(=O)=O)c2)c(OC)c1OC. The highest BCUT2D eigenvalue weighted by atomic mass is 32.2. The summed E-state index contributed by atoms with van der Waals surface area (Å²) >= 11 is 0. The van der Waals surface area contributed by atoms with Gasteiger partial charge in [0.2, 0.25) is 15.8 Å². The Balaban J connectivity index is 1.89. The van der Waals surface area contributed by atoms with Gasteiger partial charge in [-0.2, -0.15) is 0 Å². The molecule has 28 heavy (non-hydrogen) atoms. The van der Waals surface area contributed by atoms with Gasteiger partial charge in [-0.15, -0.1) is 0 Å².